The number of aliphatic carboxylic acids is 1. The molecule has 0 unspecified atom stereocenters. The Morgan fingerprint density at radius 1 is 1.50 bits per heavy atom. The summed E-state index contributed by atoms with van der Waals surface area (Å²) in [6.45, 7) is -0.0275. The lowest BCUT2D eigenvalue weighted by Crippen LogP contribution is -2.38. The van der Waals surface area contributed by atoms with Crippen LogP contribution in [0.25, 0.3) is 10.4 Å². The normalized spacial score (nSPS) is 11.5. The maximum atomic E-state index is 10.9. The number of nitrogens with one attached hydrogen (secondary N) is 1. The number of azide groups is 1. The van der Waals surface area contributed by atoms with Crippen LogP contribution in [-0.4, -0.2) is 23.8 Å². The molecule has 0 aliphatic carbocycles. The Morgan fingerprint density at radius 2 is 2.19 bits per heavy atom. The van der Waals surface area contributed by atoms with Crippen LogP contribution in [0.15, 0.2) is 35.4 Å². The number of carboxylic acids is 1. The van der Waals surface area contributed by atoms with Gasteiger partial charge in [-0.2, -0.15) is 0 Å². The standard InChI is InChI=1S/C10H12N4O2/c11-14-13-7-12-9(10(15)16)6-8-4-2-1-3-5-8/h1-5,9,12H,6-7H2,(H,15,16)/t9-/m0/s1. The highest BCUT2D eigenvalue weighted by atomic mass is 16.4. The molecule has 0 fully saturated rings. The number of carboxylic acid groups (broad SMARTS) is 1. The summed E-state index contributed by atoms with van der Waals surface area (Å²) in [5.74, 6) is -0.961. The van der Waals surface area contributed by atoms with Gasteiger partial charge in [-0.1, -0.05) is 35.4 Å². The van der Waals surface area contributed by atoms with E-state index in [1.807, 2.05) is 30.3 Å². The van der Waals surface area contributed by atoms with Crippen LogP contribution >= 0.6 is 0 Å². The SMILES string of the molecule is [N-]=[N+]=NCN[C@@H](Cc1ccccc1)C(=O)O. The van der Waals surface area contributed by atoms with Crippen molar-refractivity contribution in [2.75, 3.05) is 6.67 Å². The van der Waals surface area contributed by atoms with E-state index in [0.717, 1.165) is 5.56 Å². The number of rotatable bonds is 6. The van der Waals surface area contributed by atoms with Gasteiger partial charge in [0.25, 0.3) is 0 Å². The van der Waals surface area contributed by atoms with Gasteiger partial charge in [-0.15, -0.1) is 0 Å². The molecule has 6 nitrogen and oxygen atoms in total. The van der Waals surface area contributed by atoms with Crippen molar-refractivity contribution >= 4 is 5.97 Å². The third-order valence-corrected chi connectivity index (χ3v) is 2.05. The van der Waals surface area contributed by atoms with Gasteiger partial charge in [0.2, 0.25) is 0 Å². The molecule has 0 radical (unpaired) electrons. The minimum Gasteiger partial charge on any atom is -0.480 e. The zero-order valence-corrected chi connectivity index (χ0v) is 8.58. The van der Waals surface area contributed by atoms with E-state index in [0.29, 0.717) is 6.42 Å². The van der Waals surface area contributed by atoms with E-state index in [1.165, 1.54) is 0 Å². The largest absolute Gasteiger partial charge is 0.480 e. The molecule has 0 saturated heterocycles. The molecule has 0 bridgehead atoms. The lowest BCUT2D eigenvalue weighted by atomic mass is 10.1. The van der Waals surface area contributed by atoms with E-state index in [1.54, 1.807) is 0 Å². The van der Waals surface area contributed by atoms with Crippen molar-refractivity contribution in [3.05, 3.63) is 46.3 Å². The molecule has 0 saturated carbocycles. The Bertz CT molecular complexity index is 387. The first kappa shape index (κ1) is 12.0. The highest BCUT2D eigenvalue weighted by Gasteiger charge is 2.16. The number of hydrogen-bond donors (Lipinski definition) is 2. The molecule has 6 heteroatoms. The molecule has 0 aliphatic rings. The summed E-state index contributed by atoms with van der Waals surface area (Å²) in [7, 11) is 0. The molecule has 16 heavy (non-hydrogen) atoms. The van der Waals surface area contributed by atoms with Crippen LogP contribution in [0.1, 0.15) is 5.56 Å². The van der Waals surface area contributed by atoms with Gasteiger partial charge in [0, 0.05) is 4.91 Å². The molecular formula is C10H12N4O2. The van der Waals surface area contributed by atoms with Crippen molar-refractivity contribution in [2.24, 2.45) is 5.11 Å². The van der Waals surface area contributed by atoms with Gasteiger partial charge in [-0.3, -0.25) is 10.1 Å². The molecular weight excluding hydrogens is 208 g/mol. The van der Waals surface area contributed by atoms with Gasteiger partial charge in [-0.25, -0.2) is 0 Å². The Morgan fingerprint density at radius 3 is 2.75 bits per heavy atom. The number of benzene rings is 1. The van der Waals surface area contributed by atoms with Crippen molar-refractivity contribution in [1.82, 2.24) is 5.32 Å². The van der Waals surface area contributed by atoms with Crippen LogP contribution in [0.3, 0.4) is 0 Å². The van der Waals surface area contributed by atoms with Crippen molar-refractivity contribution in [1.29, 1.82) is 0 Å². The van der Waals surface area contributed by atoms with E-state index >= 15 is 0 Å². The van der Waals surface area contributed by atoms with Crippen LogP contribution in [0, 0.1) is 0 Å². The van der Waals surface area contributed by atoms with Crippen LogP contribution in [0.4, 0.5) is 0 Å². The predicted molar refractivity (Wildman–Crippen MR) is 58.7 cm³/mol. The second-order valence-electron chi connectivity index (χ2n) is 3.17. The van der Waals surface area contributed by atoms with Crippen LogP contribution in [-0.2, 0) is 11.2 Å². The van der Waals surface area contributed by atoms with E-state index in [2.05, 4.69) is 15.3 Å². The first-order valence-corrected chi connectivity index (χ1v) is 4.75. The second-order valence-corrected chi connectivity index (χ2v) is 3.17. The van der Waals surface area contributed by atoms with Gasteiger partial charge in [0.1, 0.15) is 6.04 Å². The summed E-state index contributed by atoms with van der Waals surface area (Å²) < 4.78 is 0. The van der Waals surface area contributed by atoms with Crippen LogP contribution < -0.4 is 5.32 Å². The Balaban J connectivity index is 2.58. The number of carbonyl (C=O) groups is 1. The van der Waals surface area contributed by atoms with Crippen molar-refractivity contribution in [3.8, 4) is 0 Å². The maximum absolute atomic E-state index is 10.9. The highest BCUT2D eigenvalue weighted by Crippen LogP contribution is 2.03. The molecule has 84 valence electrons. The number of nitrogens with zero attached hydrogens (tertiary/aromatic N) is 3. The molecule has 1 aromatic rings. The van der Waals surface area contributed by atoms with Gasteiger partial charge in [0.05, 0.1) is 6.67 Å². The molecule has 0 aliphatic heterocycles. The Kier molecular flexibility index (Phi) is 4.85. The fraction of sp³-hybridized carbons (Fsp3) is 0.300. The monoisotopic (exact) mass is 220 g/mol. The molecule has 0 aromatic heterocycles. The average molecular weight is 220 g/mol. The van der Waals surface area contributed by atoms with E-state index in [-0.39, 0.29) is 6.67 Å². The van der Waals surface area contributed by atoms with Gasteiger partial charge in [0.15, 0.2) is 0 Å². The predicted octanol–water partition coefficient (Wildman–Crippen LogP) is 1.54. The summed E-state index contributed by atoms with van der Waals surface area (Å²) in [5, 5.41) is 14.8. The van der Waals surface area contributed by atoms with Gasteiger partial charge in [-0.05, 0) is 17.5 Å². The average Bonchev–Trinajstić information content (AvgIpc) is 2.29. The Hall–Kier alpha value is -2.04. The minimum atomic E-state index is -0.961. The first-order chi connectivity index (χ1) is 7.74. The highest BCUT2D eigenvalue weighted by molar-refractivity contribution is 5.73. The molecule has 2 N–H and O–H groups in total. The minimum absolute atomic E-state index is 0.0275. The zero-order chi connectivity index (χ0) is 11.8. The fourth-order valence-electron chi connectivity index (χ4n) is 1.28. The molecule has 0 spiro atoms. The third-order valence-electron chi connectivity index (χ3n) is 2.05. The van der Waals surface area contributed by atoms with Crippen molar-refractivity contribution in [3.63, 3.8) is 0 Å². The topological polar surface area (TPSA) is 98.1 Å². The van der Waals surface area contributed by atoms with E-state index in [9.17, 15) is 4.79 Å². The van der Waals surface area contributed by atoms with Crippen LogP contribution in [0.5, 0.6) is 0 Å². The van der Waals surface area contributed by atoms with Gasteiger partial charge >= 0.3 is 5.97 Å². The maximum Gasteiger partial charge on any atom is 0.321 e. The summed E-state index contributed by atoms with van der Waals surface area (Å²) in [6, 6.07) is 8.53. The summed E-state index contributed by atoms with van der Waals surface area (Å²) in [6.07, 6.45) is 0.358. The van der Waals surface area contributed by atoms with E-state index in [4.69, 9.17) is 10.6 Å². The summed E-state index contributed by atoms with van der Waals surface area (Å²) >= 11 is 0. The number of hydrogen-bond acceptors (Lipinski definition) is 3. The quantitative estimate of drug-likeness (QED) is 0.432. The molecule has 0 amide bonds. The Labute approximate surface area is 92.5 Å². The smallest absolute Gasteiger partial charge is 0.321 e. The van der Waals surface area contributed by atoms with Crippen LogP contribution in [0.2, 0.25) is 0 Å². The molecule has 1 rings (SSSR count). The summed E-state index contributed by atoms with van der Waals surface area (Å²) in [5.41, 5.74) is 9.00. The second kappa shape index (κ2) is 6.44. The lowest BCUT2D eigenvalue weighted by Gasteiger charge is -2.12. The first-order valence-electron chi connectivity index (χ1n) is 4.75. The molecule has 1 aromatic carbocycles. The van der Waals surface area contributed by atoms with E-state index < -0.39 is 12.0 Å². The van der Waals surface area contributed by atoms with Crippen molar-refractivity contribution in [2.45, 2.75) is 12.5 Å². The van der Waals surface area contributed by atoms with Crippen molar-refractivity contribution < 1.29 is 9.90 Å². The lowest BCUT2D eigenvalue weighted by molar-refractivity contribution is -0.139. The fourth-order valence-corrected chi connectivity index (χ4v) is 1.28. The third kappa shape index (κ3) is 4.00. The zero-order valence-electron chi connectivity index (χ0n) is 8.58. The molecule has 0 heterocycles. The molecule has 1 atom stereocenters. The summed E-state index contributed by atoms with van der Waals surface area (Å²) in [4.78, 5) is 13.4. The van der Waals surface area contributed by atoms with Gasteiger partial charge < -0.3 is 5.11 Å².